The molecule has 0 saturated carbocycles. The van der Waals surface area contributed by atoms with Gasteiger partial charge in [-0.15, -0.1) is 0 Å². The van der Waals surface area contributed by atoms with Gasteiger partial charge in [0.05, 0.1) is 0 Å². The molecule has 0 N–H and O–H groups in total. The van der Waals surface area contributed by atoms with Crippen molar-refractivity contribution < 1.29 is 56.8 Å². The number of phosphoric ester groups is 1. The van der Waals surface area contributed by atoms with Gasteiger partial charge < -0.3 is 13.9 Å². The van der Waals surface area contributed by atoms with E-state index in [0.29, 0.717) is 20.9 Å². The van der Waals surface area contributed by atoms with Gasteiger partial charge in [-0.3, -0.25) is 0 Å². The number of hydrogen-bond acceptors (Lipinski definition) is 6. The molecule has 0 radical (unpaired) electrons. The van der Waals surface area contributed by atoms with Crippen LogP contribution in [0.4, 0.5) is 8.78 Å². The average Bonchev–Trinajstić information content (AvgIpc) is 3.09. The molecule has 0 spiro atoms. The third-order valence-electron chi connectivity index (χ3n) is 5.69. The van der Waals surface area contributed by atoms with Crippen LogP contribution in [0.1, 0.15) is 22.3 Å². The summed E-state index contributed by atoms with van der Waals surface area (Å²) in [7, 11) is -5.02. The van der Waals surface area contributed by atoms with Crippen LogP contribution in [-0.4, -0.2) is 0 Å². The topological polar surface area (TPSA) is 58.6 Å². The summed E-state index contributed by atoms with van der Waals surface area (Å²) < 4.78 is 52.5. The van der Waals surface area contributed by atoms with Gasteiger partial charge in [-0.05, 0) is 71.8 Å². The first kappa shape index (κ1) is 27.3. The number of phosphoric acid groups is 1. The predicted octanol–water partition coefficient (Wildman–Crippen LogP) is 5.10. The first-order chi connectivity index (χ1) is 17.8. The van der Waals surface area contributed by atoms with Crippen molar-refractivity contribution in [2.45, 2.75) is 19.6 Å². The fourth-order valence-corrected chi connectivity index (χ4v) is 7.02. The molecule has 4 aromatic rings. The molecule has 4 nitrogen and oxygen atoms in total. The maximum Gasteiger partial charge on any atom is 1.00 e. The van der Waals surface area contributed by atoms with Gasteiger partial charge in [-0.1, -0.05) is 59.9 Å². The Labute approximate surface area is 248 Å². The van der Waals surface area contributed by atoms with Gasteiger partial charge in [-0.2, -0.15) is 0 Å². The zero-order valence-corrected chi connectivity index (χ0v) is 24.4. The first-order valence-electron chi connectivity index (χ1n) is 11.1. The van der Waals surface area contributed by atoms with E-state index in [1.165, 1.54) is 59.9 Å². The van der Waals surface area contributed by atoms with Crippen LogP contribution in [0.5, 0.6) is 0 Å². The molecule has 0 amide bonds. The Bertz CT molecular complexity index is 1560. The van der Waals surface area contributed by atoms with Crippen molar-refractivity contribution in [3.05, 3.63) is 119 Å². The van der Waals surface area contributed by atoms with E-state index in [2.05, 4.69) is 0 Å². The van der Waals surface area contributed by atoms with Crippen LogP contribution in [0.15, 0.2) is 105 Å². The van der Waals surface area contributed by atoms with Gasteiger partial charge in [0.25, 0.3) is 0 Å². The van der Waals surface area contributed by atoms with E-state index >= 15 is 0 Å². The molecule has 4 aromatic carbocycles. The maximum absolute atomic E-state index is 14.1. The van der Waals surface area contributed by atoms with Crippen molar-refractivity contribution in [2.75, 3.05) is 0 Å². The van der Waals surface area contributed by atoms with Gasteiger partial charge >= 0.3 is 37.4 Å². The summed E-state index contributed by atoms with van der Waals surface area (Å²) >= 11 is 2.63. The Balaban J connectivity index is 0.00000294. The van der Waals surface area contributed by atoms with Gasteiger partial charge in [0, 0.05) is 30.7 Å². The first-order valence-corrected chi connectivity index (χ1v) is 14.2. The largest absolute Gasteiger partial charge is 1.00 e. The van der Waals surface area contributed by atoms with Crippen LogP contribution < -0.4 is 34.5 Å². The summed E-state index contributed by atoms with van der Waals surface area (Å²) in [6, 6.07) is 22.8. The minimum absolute atomic E-state index is 0. The smallest absolute Gasteiger partial charge is 0.736 e. The maximum atomic E-state index is 14.1. The van der Waals surface area contributed by atoms with E-state index in [1.807, 2.05) is 48.5 Å². The Morgan fingerprint density at radius 2 is 1.05 bits per heavy atom. The molecule has 2 aliphatic heterocycles. The van der Waals surface area contributed by atoms with Crippen LogP contribution in [0.2, 0.25) is 0 Å². The summed E-state index contributed by atoms with van der Waals surface area (Å²) in [5.74, 6) is -0.881. The van der Waals surface area contributed by atoms with Gasteiger partial charge in [-0.25, -0.2) is 13.3 Å². The fourth-order valence-electron chi connectivity index (χ4n) is 4.04. The molecular formula is C28H16F2NaO4PS2. The molecule has 2 heterocycles. The Morgan fingerprint density at radius 3 is 1.50 bits per heavy atom. The number of hydrogen-bond donors (Lipinski definition) is 0. The molecule has 0 atom stereocenters. The second-order valence-corrected chi connectivity index (χ2v) is 11.6. The van der Waals surface area contributed by atoms with Gasteiger partial charge in [0.1, 0.15) is 23.2 Å². The second-order valence-electron chi connectivity index (χ2n) is 8.21. The Hall–Kier alpha value is -2.29. The summed E-state index contributed by atoms with van der Waals surface area (Å²) in [4.78, 5) is 16.0. The van der Waals surface area contributed by atoms with Crippen molar-refractivity contribution in [1.29, 1.82) is 0 Å². The number of rotatable bonds is 4. The summed E-state index contributed by atoms with van der Waals surface area (Å²) in [6.45, 7) is 0. The summed E-state index contributed by atoms with van der Waals surface area (Å²) in [6.07, 6.45) is 3.19. The van der Waals surface area contributed by atoms with Crippen LogP contribution in [0.25, 0.3) is 23.7 Å². The van der Waals surface area contributed by atoms with Crippen LogP contribution in [-0.2, 0) is 13.6 Å². The van der Waals surface area contributed by atoms with E-state index in [1.54, 1.807) is 12.2 Å². The van der Waals surface area contributed by atoms with Crippen molar-refractivity contribution in [3.63, 3.8) is 0 Å². The normalized spacial score (nSPS) is 13.7. The summed E-state index contributed by atoms with van der Waals surface area (Å²) in [5.41, 5.74) is 2.28. The standard InChI is InChI=1S/C28H17F2O4PS2.Na/c29-19-9-11-21-23(13-17-5-1-3-7-25(17)36-27(21)15-19)33-35(31,32)34-24-14-18-6-2-4-8-26(18)37-28-16-20(30)10-12-22(24)28;/h1-16H,(H,31,32);/q;+1/p-1. The number of benzene rings is 4. The molecule has 0 aliphatic carbocycles. The quantitative estimate of drug-likeness (QED) is 0.251. The van der Waals surface area contributed by atoms with Crippen molar-refractivity contribution in [1.82, 2.24) is 0 Å². The molecular weight excluding hydrogens is 556 g/mol. The van der Waals surface area contributed by atoms with Crippen molar-refractivity contribution in [3.8, 4) is 0 Å². The molecule has 2 aliphatic rings. The van der Waals surface area contributed by atoms with E-state index < -0.39 is 19.5 Å². The molecule has 184 valence electrons. The Kier molecular flexibility index (Phi) is 7.94. The van der Waals surface area contributed by atoms with Gasteiger partial charge in [0.15, 0.2) is 0 Å². The SMILES string of the molecule is O=P([O-])(OC1=Cc2ccccc2Sc2cc(F)ccc21)OC1=Cc2ccccc2Sc2cc(F)ccc21.[Na+]. The third-order valence-corrected chi connectivity index (χ3v) is 8.83. The second kappa shape index (κ2) is 11.1. The van der Waals surface area contributed by atoms with E-state index in [0.717, 1.165) is 20.9 Å². The molecule has 38 heavy (non-hydrogen) atoms. The molecule has 0 bridgehead atoms. The van der Waals surface area contributed by atoms with Gasteiger partial charge in [0.2, 0.25) is 0 Å². The van der Waals surface area contributed by atoms with E-state index in [4.69, 9.17) is 9.05 Å². The zero-order valence-electron chi connectivity index (χ0n) is 19.9. The van der Waals surface area contributed by atoms with Crippen molar-refractivity contribution in [2.24, 2.45) is 0 Å². The molecule has 6 rings (SSSR count). The number of fused-ring (bicyclic) bond motifs is 4. The molecule has 0 unspecified atom stereocenters. The van der Waals surface area contributed by atoms with E-state index in [9.17, 15) is 18.2 Å². The minimum Gasteiger partial charge on any atom is -0.736 e. The molecule has 0 aromatic heterocycles. The predicted molar refractivity (Wildman–Crippen MR) is 139 cm³/mol. The van der Waals surface area contributed by atoms with Crippen LogP contribution in [0.3, 0.4) is 0 Å². The summed E-state index contributed by atoms with van der Waals surface area (Å²) in [5, 5.41) is 0. The monoisotopic (exact) mass is 572 g/mol. The average molecular weight is 573 g/mol. The molecule has 0 fully saturated rings. The molecule has 0 saturated heterocycles. The van der Waals surface area contributed by atoms with Crippen LogP contribution in [0, 0.1) is 11.6 Å². The third kappa shape index (κ3) is 5.68. The minimum atomic E-state index is -5.02. The number of halogens is 2. The van der Waals surface area contributed by atoms with Crippen LogP contribution >= 0.6 is 31.3 Å². The fraction of sp³-hybridized carbons (Fsp3) is 0. The van der Waals surface area contributed by atoms with E-state index in [-0.39, 0.29) is 41.1 Å². The zero-order chi connectivity index (χ0) is 25.6. The van der Waals surface area contributed by atoms with Crippen molar-refractivity contribution >= 4 is 55.0 Å². The Morgan fingerprint density at radius 1 is 0.632 bits per heavy atom. The molecule has 10 heteroatoms.